The highest BCUT2D eigenvalue weighted by atomic mass is 16.5. The van der Waals surface area contributed by atoms with Gasteiger partial charge in [-0.15, -0.1) is 6.58 Å². The van der Waals surface area contributed by atoms with Crippen LogP contribution in [-0.4, -0.2) is 13.1 Å². The van der Waals surface area contributed by atoms with Gasteiger partial charge in [0.25, 0.3) is 0 Å². The third kappa shape index (κ3) is 3.95. The number of esters is 1. The normalized spacial score (nSPS) is 11.1. The summed E-state index contributed by atoms with van der Waals surface area (Å²) in [4.78, 5) is 11.5. The molecule has 0 fully saturated rings. The number of nitrogens with zero attached hydrogens (tertiary/aromatic N) is 1. The van der Waals surface area contributed by atoms with E-state index in [1.165, 1.54) is 6.08 Å². The fourth-order valence-electron chi connectivity index (χ4n) is 1.35. The average Bonchev–Trinajstić information content (AvgIpc) is 2.42. The monoisotopic (exact) mass is 245 g/mol. The molecule has 0 bridgehead atoms. The van der Waals surface area contributed by atoms with Crippen LogP contribution in [0.2, 0.25) is 0 Å². The van der Waals surface area contributed by atoms with Crippen molar-refractivity contribution >= 4 is 5.97 Å². The van der Waals surface area contributed by atoms with Gasteiger partial charge in [-0.2, -0.15) is 5.26 Å². The predicted molar refractivity (Wildman–Crippen MR) is 66.7 cm³/mol. The second-order valence-corrected chi connectivity index (χ2v) is 3.66. The fourth-order valence-corrected chi connectivity index (χ4v) is 1.35. The van der Waals surface area contributed by atoms with E-state index in [-0.39, 0.29) is 6.61 Å². The SMILES string of the molecule is C=CCC(C#N)C(=O)OCc1ccc(OC)cc1. The van der Waals surface area contributed by atoms with E-state index < -0.39 is 11.9 Å². The summed E-state index contributed by atoms with van der Waals surface area (Å²) in [6.07, 6.45) is 1.83. The van der Waals surface area contributed by atoms with E-state index in [9.17, 15) is 4.79 Å². The van der Waals surface area contributed by atoms with Crippen LogP contribution < -0.4 is 4.74 Å². The molecule has 0 radical (unpaired) electrons. The van der Waals surface area contributed by atoms with Gasteiger partial charge >= 0.3 is 5.97 Å². The van der Waals surface area contributed by atoms with Crippen molar-refractivity contribution in [2.24, 2.45) is 5.92 Å². The van der Waals surface area contributed by atoms with Crippen LogP contribution in [0.1, 0.15) is 12.0 Å². The van der Waals surface area contributed by atoms with Crippen molar-refractivity contribution in [2.45, 2.75) is 13.0 Å². The topological polar surface area (TPSA) is 59.3 Å². The van der Waals surface area contributed by atoms with Crippen LogP contribution in [0.4, 0.5) is 0 Å². The molecule has 1 rings (SSSR count). The first-order valence-corrected chi connectivity index (χ1v) is 5.51. The summed E-state index contributed by atoms with van der Waals surface area (Å²) in [6, 6.07) is 9.08. The number of carbonyl (C=O) groups is 1. The quantitative estimate of drug-likeness (QED) is 0.570. The van der Waals surface area contributed by atoms with Crippen LogP contribution in [0.3, 0.4) is 0 Å². The summed E-state index contributed by atoms with van der Waals surface area (Å²) in [5.74, 6) is -0.555. The standard InChI is InChI=1S/C14H15NO3/c1-3-4-12(9-15)14(16)18-10-11-5-7-13(17-2)8-6-11/h3,5-8,12H,1,4,10H2,2H3. The molecule has 0 aromatic heterocycles. The Labute approximate surface area is 106 Å². The lowest BCUT2D eigenvalue weighted by atomic mass is 10.1. The molecule has 0 heterocycles. The Morgan fingerprint density at radius 1 is 1.50 bits per heavy atom. The number of rotatable bonds is 6. The number of nitriles is 1. The number of benzene rings is 1. The first kappa shape index (κ1) is 13.8. The van der Waals surface area contributed by atoms with Crippen molar-refractivity contribution in [1.29, 1.82) is 5.26 Å². The summed E-state index contributed by atoms with van der Waals surface area (Å²) >= 11 is 0. The second kappa shape index (κ2) is 7.13. The molecule has 1 atom stereocenters. The Bertz CT molecular complexity index is 445. The minimum atomic E-state index is -0.777. The van der Waals surface area contributed by atoms with Crippen LogP contribution in [0.15, 0.2) is 36.9 Å². The fraction of sp³-hybridized carbons (Fsp3) is 0.286. The number of hydrogen-bond donors (Lipinski definition) is 0. The maximum Gasteiger partial charge on any atom is 0.323 e. The van der Waals surface area contributed by atoms with Gasteiger partial charge in [-0.1, -0.05) is 18.2 Å². The van der Waals surface area contributed by atoms with Crippen LogP contribution in [-0.2, 0) is 16.1 Å². The number of methoxy groups -OCH3 is 1. The first-order chi connectivity index (χ1) is 8.71. The summed E-state index contributed by atoms with van der Waals surface area (Å²) in [7, 11) is 1.59. The maximum absolute atomic E-state index is 11.5. The number of hydrogen-bond acceptors (Lipinski definition) is 4. The van der Waals surface area contributed by atoms with Crippen molar-refractivity contribution in [3.8, 4) is 11.8 Å². The van der Waals surface area contributed by atoms with Gasteiger partial charge in [0, 0.05) is 0 Å². The molecule has 0 aliphatic carbocycles. The Balaban J connectivity index is 2.51. The predicted octanol–water partition coefficient (Wildman–Crippen LogP) is 2.45. The van der Waals surface area contributed by atoms with Crippen LogP contribution in [0, 0.1) is 17.2 Å². The summed E-state index contributed by atoms with van der Waals surface area (Å²) in [6.45, 7) is 3.65. The molecule has 0 saturated heterocycles. The zero-order valence-corrected chi connectivity index (χ0v) is 10.3. The number of ether oxygens (including phenoxy) is 2. The van der Waals surface area contributed by atoms with Crippen molar-refractivity contribution in [2.75, 3.05) is 7.11 Å². The molecule has 0 aliphatic heterocycles. The van der Waals surface area contributed by atoms with E-state index in [1.807, 2.05) is 6.07 Å². The Morgan fingerprint density at radius 2 is 2.17 bits per heavy atom. The molecular formula is C14H15NO3. The summed E-state index contributed by atoms with van der Waals surface area (Å²) in [5.41, 5.74) is 0.847. The second-order valence-electron chi connectivity index (χ2n) is 3.66. The van der Waals surface area contributed by atoms with Gasteiger partial charge in [-0.25, -0.2) is 0 Å². The summed E-state index contributed by atoms with van der Waals surface area (Å²) < 4.78 is 10.1. The highest BCUT2D eigenvalue weighted by Crippen LogP contribution is 2.13. The van der Waals surface area contributed by atoms with Gasteiger partial charge in [0.1, 0.15) is 18.3 Å². The van der Waals surface area contributed by atoms with Crippen LogP contribution >= 0.6 is 0 Å². The lowest BCUT2D eigenvalue weighted by molar-refractivity contribution is -0.147. The van der Waals surface area contributed by atoms with Gasteiger partial charge in [0.2, 0.25) is 0 Å². The van der Waals surface area contributed by atoms with Crippen molar-refractivity contribution in [3.63, 3.8) is 0 Å². The third-order valence-corrected chi connectivity index (χ3v) is 2.38. The van der Waals surface area contributed by atoms with E-state index in [4.69, 9.17) is 14.7 Å². The molecule has 0 spiro atoms. The van der Waals surface area contributed by atoms with Gasteiger partial charge in [0.15, 0.2) is 0 Å². The number of carbonyl (C=O) groups excluding carboxylic acids is 1. The third-order valence-electron chi connectivity index (χ3n) is 2.38. The summed E-state index contributed by atoms with van der Waals surface area (Å²) in [5, 5.41) is 8.78. The minimum absolute atomic E-state index is 0.151. The molecule has 0 N–H and O–H groups in total. The first-order valence-electron chi connectivity index (χ1n) is 5.51. The lowest BCUT2D eigenvalue weighted by Crippen LogP contribution is -2.15. The van der Waals surface area contributed by atoms with E-state index in [1.54, 1.807) is 31.4 Å². The van der Waals surface area contributed by atoms with Crippen molar-refractivity contribution < 1.29 is 14.3 Å². The largest absolute Gasteiger partial charge is 0.497 e. The van der Waals surface area contributed by atoms with E-state index in [0.29, 0.717) is 6.42 Å². The molecule has 4 nitrogen and oxygen atoms in total. The molecule has 18 heavy (non-hydrogen) atoms. The maximum atomic E-state index is 11.5. The Morgan fingerprint density at radius 3 is 2.67 bits per heavy atom. The van der Waals surface area contributed by atoms with E-state index in [0.717, 1.165) is 11.3 Å². The minimum Gasteiger partial charge on any atom is -0.497 e. The van der Waals surface area contributed by atoms with Crippen molar-refractivity contribution in [1.82, 2.24) is 0 Å². The van der Waals surface area contributed by atoms with Crippen LogP contribution in [0.5, 0.6) is 5.75 Å². The molecule has 4 heteroatoms. The average molecular weight is 245 g/mol. The molecule has 94 valence electrons. The molecule has 0 aliphatic rings. The number of allylic oxidation sites excluding steroid dienone is 1. The van der Waals surface area contributed by atoms with Crippen molar-refractivity contribution in [3.05, 3.63) is 42.5 Å². The zero-order valence-electron chi connectivity index (χ0n) is 10.3. The van der Waals surface area contributed by atoms with Gasteiger partial charge < -0.3 is 9.47 Å². The lowest BCUT2D eigenvalue weighted by Gasteiger charge is -2.08. The molecule has 1 aromatic rings. The van der Waals surface area contributed by atoms with Gasteiger partial charge in [0.05, 0.1) is 13.2 Å². The molecule has 0 saturated carbocycles. The molecule has 1 aromatic carbocycles. The highest BCUT2D eigenvalue weighted by Gasteiger charge is 2.17. The smallest absolute Gasteiger partial charge is 0.323 e. The molecule has 1 unspecified atom stereocenters. The Hall–Kier alpha value is -2.28. The van der Waals surface area contributed by atoms with E-state index in [2.05, 4.69) is 6.58 Å². The molecule has 0 amide bonds. The van der Waals surface area contributed by atoms with Gasteiger partial charge in [-0.3, -0.25) is 4.79 Å². The van der Waals surface area contributed by atoms with Gasteiger partial charge in [-0.05, 0) is 24.1 Å². The highest BCUT2D eigenvalue weighted by molar-refractivity contribution is 5.75. The Kier molecular flexibility index (Phi) is 5.46. The zero-order chi connectivity index (χ0) is 13.4. The molecular weight excluding hydrogens is 230 g/mol. The van der Waals surface area contributed by atoms with E-state index >= 15 is 0 Å². The van der Waals surface area contributed by atoms with Crippen LogP contribution in [0.25, 0.3) is 0 Å².